The van der Waals surface area contributed by atoms with Gasteiger partial charge in [0, 0.05) is 17.8 Å². The molecule has 1 aromatic carbocycles. The fraction of sp³-hybridized carbons (Fsp3) is 0.350. The monoisotopic (exact) mass is 351 g/mol. The molecule has 0 bridgehead atoms. The van der Waals surface area contributed by atoms with E-state index in [4.69, 9.17) is 5.21 Å². The number of nitrogens with zero attached hydrogens (tertiary/aromatic N) is 2. The van der Waals surface area contributed by atoms with E-state index in [9.17, 15) is 9.59 Å². The first-order valence-corrected chi connectivity index (χ1v) is 8.83. The van der Waals surface area contributed by atoms with Gasteiger partial charge in [-0.05, 0) is 68.0 Å². The Labute approximate surface area is 151 Å². The van der Waals surface area contributed by atoms with Gasteiger partial charge < -0.3 is 4.90 Å². The first-order valence-electron chi connectivity index (χ1n) is 8.83. The predicted molar refractivity (Wildman–Crippen MR) is 96.1 cm³/mol. The summed E-state index contributed by atoms with van der Waals surface area (Å²) in [5.74, 6) is -0.339. The zero-order valence-electron chi connectivity index (χ0n) is 14.7. The van der Waals surface area contributed by atoms with Crippen molar-refractivity contribution in [2.24, 2.45) is 5.41 Å². The maximum atomic E-state index is 13.2. The summed E-state index contributed by atoms with van der Waals surface area (Å²) in [6.07, 6.45) is 4.82. The second-order valence-electron chi connectivity index (χ2n) is 7.25. The van der Waals surface area contributed by atoms with Crippen LogP contribution >= 0.6 is 0 Å². The van der Waals surface area contributed by atoms with Crippen LogP contribution in [-0.4, -0.2) is 28.6 Å². The lowest BCUT2D eigenvalue weighted by atomic mass is 9.70. The van der Waals surface area contributed by atoms with Gasteiger partial charge >= 0.3 is 0 Å². The molecule has 2 aliphatic rings. The van der Waals surface area contributed by atoms with Gasteiger partial charge in [-0.1, -0.05) is 6.07 Å². The number of pyridine rings is 1. The number of anilines is 1. The van der Waals surface area contributed by atoms with Gasteiger partial charge in [-0.25, -0.2) is 5.48 Å². The van der Waals surface area contributed by atoms with Gasteiger partial charge in [-0.2, -0.15) is 0 Å². The number of carbonyl (C=O) groups excluding carboxylic acids is 2. The standard InChI is InChI=1S/C20H21N3O3/c1-13-2-5-17(12-21-13)23-9-8-20(19(23)25)7-6-14-10-15(18(24)22-26)3-4-16(14)11-20/h2-5,10,12,26H,6-9,11H2,1H3,(H,22,24)/t20-/m1/s1. The van der Waals surface area contributed by atoms with Crippen LogP contribution in [0.4, 0.5) is 5.69 Å². The maximum absolute atomic E-state index is 13.2. The first kappa shape index (κ1) is 16.7. The van der Waals surface area contributed by atoms with Crippen LogP contribution in [-0.2, 0) is 17.6 Å². The summed E-state index contributed by atoms with van der Waals surface area (Å²) in [7, 11) is 0. The third-order valence-electron chi connectivity index (χ3n) is 5.69. The molecule has 26 heavy (non-hydrogen) atoms. The van der Waals surface area contributed by atoms with Crippen molar-refractivity contribution in [3.63, 3.8) is 0 Å². The highest BCUT2D eigenvalue weighted by atomic mass is 16.5. The molecule has 0 unspecified atom stereocenters. The summed E-state index contributed by atoms with van der Waals surface area (Å²) in [5, 5.41) is 8.79. The molecule has 1 aliphatic carbocycles. The molecule has 1 fully saturated rings. The second-order valence-corrected chi connectivity index (χ2v) is 7.25. The number of fused-ring (bicyclic) bond motifs is 1. The smallest absolute Gasteiger partial charge is 0.274 e. The average Bonchev–Trinajstić information content (AvgIpc) is 2.97. The number of hydrogen-bond donors (Lipinski definition) is 2. The molecular formula is C20H21N3O3. The number of rotatable bonds is 2. The Hall–Kier alpha value is -2.73. The van der Waals surface area contributed by atoms with E-state index in [-0.39, 0.29) is 11.3 Å². The minimum atomic E-state index is -0.511. The minimum Gasteiger partial charge on any atom is -0.310 e. The van der Waals surface area contributed by atoms with Gasteiger partial charge in [0.25, 0.3) is 5.91 Å². The van der Waals surface area contributed by atoms with E-state index in [0.29, 0.717) is 18.5 Å². The number of aryl methyl sites for hydroxylation is 2. The highest BCUT2D eigenvalue weighted by Gasteiger charge is 2.48. The minimum absolute atomic E-state index is 0.172. The van der Waals surface area contributed by atoms with E-state index < -0.39 is 5.91 Å². The Morgan fingerprint density at radius 2 is 2.08 bits per heavy atom. The zero-order chi connectivity index (χ0) is 18.3. The van der Waals surface area contributed by atoms with Gasteiger partial charge in [-0.3, -0.25) is 19.8 Å². The van der Waals surface area contributed by atoms with Gasteiger partial charge in [0.15, 0.2) is 0 Å². The average molecular weight is 351 g/mol. The van der Waals surface area contributed by atoms with Crippen LogP contribution in [0.2, 0.25) is 0 Å². The SMILES string of the molecule is Cc1ccc(N2CC[C@@]3(CCc4cc(C(=O)NO)ccc4C3)C2=O)cn1. The summed E-state index contributed by atoms with van der Waals surface area (Å²) in [6, 6.07) is 9.30. The lowest BCUT2D eigenvalue weighted by Gasteiger charge is -2.33. The Balaban J connectivity index is 1.59. The molecule has 1 saturated heterocycles. The molecule has 0 saturated carbocycles. The third kappa shape index (κ3) is 2.66. The Kier molecular flexibility index (Phi) is 4.00. The normalized spacial score (nSPS) is 21.8. The number of nitrogens with one attached hydrogen (secondary N) is 1. The van der Waals surface area contributed by atoms with E-state index in [1.807, 2.05) is 36.1 Å². The summed E-state index contributed by atoms with van der Waals surface area (Å²) in [6.45, 7) is 2.64. The molecule has 6 heteroatoms. The van der Waals surface area contributed by atoms with Crippen LogP contribution in [0.1, 0.15) is 40.0 Å². The van der Waals surface area contributed by atoms with Crippen molar-refractivity contribution in [1.29, 1.82) is 0 Å². The lowest BCUT2D eigenvalue weighted by Crippen LogP contribution is -2.38. The van der Waals surface area contributed by atoms with Crippen molar-refractivity contribution < 1.29 is 14.8 Å². The van der Waals surface area contributed by atoms with E-state index in [0.717, 1.165) is 41.8 Å². The molecule has 2 heterocycles. The van der Waals surface area contributed by atoms with Crippen molar-refractivity contribution in [3.05, 3.63) is 58.9 Å². The van der Waals surface area contributed by atoms with Crippen LogP contribution in [0.25, 0.3) is 0 Å². The Bertz CT molecular complexity index is 878. The molecular weight excluding hydrogens is 330 g/mol. The van der Waals surface area contributed by atoms with E-state index in [2.05, 4.69) is 4.98 Å². The fourth-order valence-electron chi connectivity index (χ4n) is 4.15. The zero-order valence-corrected chi connectivity index (χ0v) is 14.7. The van der Waals surface area contributed by atoms with Crippen LogP contribution in [0.5, 0.6) is 0 Å². The topological polar surface area (TPSA) is 82.5 Å². The molecule has 1 atom stereocenters. The largest absolute Gasteiger partial charge is 0.310 e. The quantitative estimate of drug-likeness (QED) is 0.643. The Morgan fingerprint density at radius 1 is 1.23 bits per heavy atom. The summed E-state index contributed by atoms with van der Waals surface area (Å²) >= 11 is 0. The number of hydroxylamine groups is 1. The number of aromatic nitrogens is 1. The van der Waals surface area contributed by atoms with Gasteiger partial charge in [0.1, 0.15) is 0 Å². The molecule has 0 radical (unpaired) electrons. The molecule has 2 amide bonds. The molecule has 1 aromatic heterocycles. The summed E-state index contributed by atoms with van der Waals surface area (Å²) in [4.78, 5) is 31.0. The van der Waals surface area contributed by atoms with Crippen LogP contribution in [0.3, 0.4) is 0 Å². The van der Waals surface area contributed by atoms with Gasteiger partial charge in [0.05, 0.1) is 17.3 Å². The second kappa shape index (κ2) is 6.21. The van der Waals surface area contributed by atoms with Crippen LogP contribution < -0.4 is 10.4 Å². The summed E-state index contributed by atoms with van der Waals surface area (Å²) < 4.78 is 0. The highest BCUT2D eigenvalue weighted by molar-refractivity contribution is 6.00. The molecule has 2 aromatic rings. The predicted octanol–water partition coefficient (Wildman–Crippen LogP) is 2.42. The van der Waals surface area contributed by atoms with Crippen molar-refractivity contribution in [2.75, 3.05) is 11.4 Å². The van der Waals surface area contributed by atoms with Crippen LogP contribution in [0, 0.1) is 12.3 Å². The number of benzene rings is 1. The van der Waals surface area contributed by atoms with Crippen LogP contribution in [0.15, 0.2) is 36.5 Å². The third-order valence-corrected chi connectivity index (χ3v) is 5.69. The molecule has 6 nitrogen and oxygen atoms in total. The number of amides is 2. The van der Waals surface area contributed by atoms with Crippen molar-refractivity contribution in [3.8, 4) is 0 Å². The maximum Gasteiger partial charge on any atom is 0.274 e. The van der Waals surface area contributed by atoms with Gasteiger partial charge in [0.2, 0.25) is 5.91 Å². The first-order chi connectivity index (χ1) is 12.5. The molecule has 1 aliphatic heterocycles. The van der Waals surface area contributed by atoms with E-state index >= 15 is 0 Å². The van der Waals surface area contributed by atoms with Crippen molar-refractivity contribution in [1.82, 2.24) is 10.5 Å². The van der Waals surface area contributed by atoms with E-state index in [1.165, 1.54) is 0 Å². The lowest BCUT2D eigenvalue weighted by molar-refractivity contribution is -0.126. The molecule has 2 N–H and O–H groups in total. The van der Waals surface area contributed by atoms with Gasteiger partial charge in [-0.15, -0.1) is 0 Å². The number of carbonyl (C=O) groups is 2. The summed E-state index contributed by atoms with van der Waals surface area (Å²) in [5.41, 5.74) is 5.73. The van der Waals surface area contributed by atoms with E-state index in [1.54, 1.807) is 17.7 Å². The molecule has 1 spiro atoms. The number of hydrogen-bond acceptors (Lipinski definition) is 4. The van der Waals surface area contributed by atoms with Crippen molar-refractivity contribution in [2.45, 2.75) is 32.6 Å². The molecule has 134 valence electrons. The fourth-order valence-corrected chi connectivity index (χ4v) is 4.15. The highest BCUT2D eigenvalue weighted by Crippen LogP contribution is 2.45. The Morgan fingerprint density at radius 3 is 2.81 bits per heavy atom. The molecule has 4 rings (SSSR count). The van der Waals surface area contributed by atoms with Crippen molar-refractivity contribution >= 4 is 17.5 Å².